The highest BCUT2D eigenvalue weighted by molar-refractivity contribution is 6.08. The first kappa shape index (κ1) is 26.5. The normalized spacial score (nSPS) is 13.2. The van der Waals surface area contributed by atoms with Crippen LogP contribution in [0.1, 0.15) is 25.0 Å². The number of pyridine rings is 1. The van der Waals surface area contributed by atoms with Gasteiger partial charge in [0.1, 0.15) is 0 Å². The zero-order chi connectivity index (χ0) is 30.8. The van der Waals surface area contributed by atoms with Crippen LogP contribution >= 0.6 is 0 Å². The van der Waals surface area contributed by atoms with E-state index >= 15 is 0 Å². The zero-order valence-electron chi connectivity index (χ0n) is 25.5. The molecule has 5 nitrogen and oxygen atoms in total. The summed E-state index contributed by atoms with van der Waals surface area (Å²) in [6, 6.07) is 44.4. The summed E-state index contributed by atoms with van der Waals surface area (Å²) in [7, 11) is 0. The molecule has 0 amide bonds. The van der Waals surface area contributed by atoms with Crippen molar-refractivity contribution in [2.24, 2.45) is 0 Å². The van der Waals surface area contributed by atoms with Gasteiger partial charge in [0.15, 0.2) is 17.5 Å². The molecule has 0 saturated heterocycles. The molecule has 0 aliphatic heterocycles. The van der Waals surface area contributed by atoms with Crippen LogP contribution in [0.3, 0.4) is 0 Å². The van der Waals surface area contributed by atoms with E-state index in [1.165, 1.54) is 27.6 Å². The number of hydrogen-bond donors (Lipinski definition) is 0. The Hall–Kier alpha value is -5.94. The van der Waals surface area contributed by atoms with E-state index < -0.39 is 0 Å². The minimum Gasteiger partial charge on any atom is -0.309 e. The third kappa shape index (κ3) is 3.95. The number of para-hydroxylation sites is 1. The Balaban J connectivity index is 1.22. The van der Waals surface area contributed by atoms with Gasteiger partial charge < -0.3 is 4.57 Å². The smallest absolute Gasteiger partial charge is 0.164 e. The highest BCUT2D eigenvalue weighted by Crippen LogP contribution is 2.51. The fourth-order valence-electron chi connectivity index (χ4n) is 7.14. The van der Waals surface area contributed by atoms with Crippen molar-refractivity contribution < 1.29 is 0 Å². The topological polar surface area (TPSA) is 56.5 Å². The molecule has 0 atom stereocenters. The lowest BCUT2D eigenvalue weighted by Crippen LogP contribution is -2.14. The lowest BCUT2D eigenvalue weighted by Gasteiger charge is -2.21. The molecule has 0 fully saturated rings. The van der Waals surface area contributed by atoms with Gasteiger partial charge in [-0.2, -0.15) is 0 Å². The van der Waals surface area contributed by atoms with Crippen molar-refractivity contribution in [2.45, 2.75) is 19.3 Å². The Morgan fingerprint density at radius 3 is 1.96 bits per heavy atom. The summed E-state index contributed by atoms with van der Waals surface area (Å²) in [5, 5.41) is 2.32. The second kappa shape index (κ2) is 10.0. The average Bonchev–Trinajstić information content (AvgIpc) is 3.57. The molecule has 0 radical (unpaired) electrons. The van der Waals surface area contributed by atoms with E-state index in [0.29, 0.717) is 17.5 Å². The van der Waals surface area contributed by atoms with Crippen LogP contribution in [-0.4, -0.2) is 24.5 Å². The second-order valence-electron chi connectivity index (χ2n) is 12.4. The van der Waals surface area contributed by atoms with Crippen LogP contribution in [0, 0.1) is 0 Å². The first-order valence-corrected chi connectivity index (χ1v) is 15.6. The second-order valence-corrected chi connectivity index (χ2v) is 12.4. The molecule has 1 aliphatic rings. The third-order valence-electron chi connectivity index (χ3n) is 9.37. The SMILES string of the molecule is CC1(C)c2ccccc2-c2c(-c3nc(-c4ccccc4)nc(-c4ccc(-n5c6ccccc6c6cnccc65)cc4)n3)cccc21. The molecule has 0 spiro atoms. The van der Waals surface area contributed by atoms with Gasteiger partial charge in [-0.25, -0.2) is 15.0 Å². The number of hydrogen-bond acceptors (Lipinski definition) is 4. The van der Waals surface area contributed by atoms with Gasteiger partial charge in [-0.3, -0.25) is 4.98 Å². The Morgan fingerprint density at radius 2 is 1.13 bits per heavy atom. The molecule has 0 bridgehead atoms. The van der Waals surface area contributed by atoms with E-state index in [-0.39, 0.29) is 5.41 Å². The van der Waals surface area contributed by atoms with Crippen LogP contribution in [0.15, 0.2) is 140 Å². The Labute approximate surface area is 266 Å². The summed E-state index contributed by atoms with van der Waals surface area (Å²) in [5.41, 5.74) is 11.2. The van der Waals surface area contributed by atoms with E-state index in [2.05, 4.69) is 133 Å². The van der Waals surface area contributed by atoms with E-state index in [4.69, 9.17) is 15.0 Å². The first-order chi connectivity index (χ1) is 22.6. The van der Waals surface area contributed by atoms with Gasteiger partial charge in [-0.1, -0.05) is 105 Å². The van der Waals surface area contributed by atoms with E-state index in [0.717, 1.165) is 38.8 Å². The minimum atomic E-state index is -0.112. The van der Waals surface area contributed by atoms with Gasteiger partial charge in [0, 0.05) is 51.0 Å². The van der Waals surface area contributed by atoms with Crippen LogP contribution in [0.25, 0.3) is 72.8 Å². The zero-order valence-corrected chi connectivity index (χ0v) is 25.5. The molecule has 5 aromatic carbocycles. The molecular formula is C41H29N5. The lowest BCUT2D eigenvalue weighted by molar-refractivity contribution is 0.660. The van der Waals surface area contributed by atoms with Gasteiger partial charge in [0.25, 0.3) is 0 Å². The average molecular weight is 592 g/mol. The molecule has 0 unspecified atom stereocenters. The molecular weight excluding hydrogens is 562 g/mol. The van der Waals surface area contributed by atoms with Crippen molar-refractivity contribution in [1.29, 1.82) is 0 Å². The number of nitrogens with zero attached hydrogens (tertiary/aromatic N) is 5. The Bertz CT molecular complexity index is 2390. The molecule has 46 heavy (non-hydrogen) atoms. The van der Waals surface area contributed by atoms with Gasteiger partial charge >= 0.3 is 0 Å². The molecule has 9 rings (SSSR count). The quantitative estimate of drug-likeness (QED) is 0.204. The van der Waals surface area contributed by atoms with Gasteiger partial charge in [-0.15, -0.1) is 0 Å². The molecule has 5 heteroatoms. The van der Waals surface area contributed by atoms with Crippen LogP contribution < -0.4 is 0 Å². The summed E-state index contributed by atoms with van der Waals surface area (Å²) in [4.78, 5) is 19.7. The molecule has 8 aromatic rings. The van der Waals surface area contributed by atoms with Crippen LogP contribution in [0.4, 0.5) is 0 Å². The van der Waals surface area contributed by atoms with Crippen molar-refractivity contribution >= 4 is 21.8 Å². The van der Waals surface area contributed by atoms with Crippen molar-refractivity contribution in [3.05, 3.63) is 151 Å². The lowest BCUT2D eigenvalue weighted by atomic mass is 9.82. The van der Waals surface area contributed by atoms with E-state index in [1.807, 2.05) is 30.6 Å². The first-order valence-electron chi connectivity index (χ1n) is 15.6. The van der Waals surface area contributed by atoms with Crippen molar-refractivity contribution in [3.8, 4) is 51.0 Å². The van der Waals surface area contributed by atoms with Crippen LogP contribution in [0.2, 0.25) is 0 Å². The summed E-state index contributed by atoms with van der Waals surface area (Å²) in [6.45, 7) is 4.59. The highest BCUT2D eigenvalue weighted by atomic mass is 15.0. The molecule has 3 heterocycles. The van der Waals surface area contributed by atoms with E-state index in [9.17, 15) is 0 Å². The van der Waals surface area contributed by atoms with Crippen LogP contribution in [0.5, 0.6) is 0 Å². The number of fused-ring (bicyclic) bond motifs is 6. The number of aromatic nitrogens is 5. The van der Waals surface area contributed by atoms with Crippen molar-refractivity contribution in [3.63, 3.8) is 0 Å². The summed E-state index contributed by atoms with van der Waals surface area (Å²) in [5.74, 6) is 1.97. The fourth-order valence-corrected chi connectivity index (χ4v) is 7.14. The maximum Gasteiger partial charge on any atom is 0.164 e. The number of benzene rings is 5. The van der Waals surface area contributed by atoms with Crippen molar-refractivity contribution in [1.82, 2.24) is 24.5 Å². The largest absolute Gasteiger partial charge is 0.309 e. The predicted octanol–water partition coefficient (Wildman–Crippen LogP) is 9.67. The van der Waals surface area contributed by atoms with Gasteiger partial charge in [0.2, 0.25) is 0 Å². The predicted molar refractivity (Wildman–Crippen MR) is 186 cm³/mol. The summed E-state index contributed by atoms with van der Waals surface area (Å²) < 4.78 is 2.29. The highest BCUT2D eigenvalue weighted by Gasteiger charge is 2.37. The number of rotatable bonds is 4. The molecule has 1 aliphatic carbocycles. The maximum atomic E-state index is 5.15. The summed E-state index contributed by atoms with van der Waals surface area (Å²) >= 11 is 0. The van der Waals surface area contributed by atoms with E-state index in [1.54, 1.807) is 0 Å². The fraction of sp³-hybridized carbons (Fsp3) is 0.0732. The Morgan fingerprint density at radius 1 is 0.500 bits per heavy atom. The molecule has 218 valence electrons. The molecule has 0 saturated carbocycles. The molecule has 3 aromatic heterocycles. The van der Waals surface area contributed by atoms with Gasteiger partial charge in [-0.05, 0) is 58.7 Å². The monoisotopic (exact) mass is 591 g/mol. The third-order valence-corrected chi connectivity index (χ3v) is 9.37. The summed E-state index contributed by atoms with van der Waals surface area (Å²) in [6.07, 6.45) is 3.79. The standard InChI is InChI=1S/C41H29N5/c1-41(2)33-16-8-6-14-30(33)37-31(15-10-17-34(37)41)40-44-38(26-11-4-3-5-12-26)43-39(45-40)27-19-21-28(22-20-27)46-35-18-9-7-13-29(35)32-25-42-24-23-36(32)46/h3-25H,1-2H3. The Kier molecular flexibility index (Phi) is 5.78. The maximum absolute atomic E-state index is 5.15. The minimum absolute atomic E-state index is 0.112. The molecule has 0 N–H and O–H groups in total. The van der Waals surface area contributed by atoms with Crippen molar-refractivity contribution in [2.75, 3.05) is 0 Å². The van der Waals surface area contributed by atoms with Gasteiger partial charge in [0.05, 0.1) is 11.0 Å². The van der Waals surface area contributed by atoms with Crippen LogP contribution in [-0.2, 0) is 5.41 Å².